The minimum Gasteiger partial charge on any atom is -0.389 e. The Bertz CT molecular complexity index is 123. The maximum atomic E-state index is 8.85. The van der Waals surface area contributed by atoms with Crippen molar-refractivity contribution in [2.24, 2.45) is 0 Å². The molecule has 0 aliphatic rings. The highest BCUT2D eigenvalue weighted by molar-refractivity contribution is 4.93. The van der Waals surface area contributed by atoms with Crippen molar-refractivity contribution in [1.29, 1.82) is 0 Å². The fourth-order valence-electron chi connectivity index (χ4n) is 0.399. The van der Waals surface area contributed by atoms with Crippen LogP contribution in [0.3, 0.4) is 0 Å². The van der Waals surface area contributed by atoms with Gasteiger partial charge in [0.2, 0.25) is 0 Å². The molecule has 0 aliphatic carbocycles. The van der Waals surface area contributed by atoms with Crippen LogP contribution in [0, 0.1) is 12.3 Å². The topological polar surface area (TPSA) is 40.5 Å². The van der Waals surface area contributed by atoms with E-state index in [0.717, 1.165) is 0 Å². The average Bonchev–Trinajstić information content (AvgIpc) is 1.87. The van der Waals surface area contributed by atoms with Crippen molar-refractivity contribution in [2.75, 3.05) is 0 Å². The van der Waals surface area contributed by atoms with E-state index in [1.807, 2.05) is 0 Å². The van der Waals surface area contributed by atoms with Crippen molar-refractivity contribution >= 4 is 0 Å². The lowest BCUT2D eigenvalue weighted by molar-refractivity contribution is 0.0528. The lowest BCUT2D eigenvalue weighted by atomic mass is 10.1. The van der Waals surface area contributed by atoms with Crippen molar-refractivity contribution in [1.82, 2.24) is 0 Å². The quantitative estimate of drug-likeness (QED) is 0.410. The Hall–Kier alpha value is -0.780. The molecule has 50 valence electrons. The Balaban J connectivity index is 3.60. The molecule has 0 aliphatic heterocycles. The number of terminal acetylenes is 1. The summed E-state index contributed by atoms with van der Waals surface area (Å²) in [5.74, 6) is 2.22. The molecule has 0 saturated carbocycles. The van der Waals surface area contributed by atoms with Crippen LogP contribution in [0.25, 0.3) is 0 Å². The van der Waals surface area contributed by atoms with Gasteiger partial charge in [-0.1, -0.05) is 6.08 Å². The SMILES string of the molecule is C#CC[C@H](O)[C@@H](O)C=C. The monoisotopic (exact) mass is 126 g/mol. The number of hydrogen-bond acceptors (Lipinski definition) is 2. The average molecular weight is 126 g/mol. The Morgan fingerprint density at radius 1 is 1.67 bits per heavy atom. The standard InChI is InChI=1S/C7H10O2/c1-3-5-7(9)6(8)4-2/h1,4,6-9H,2,5H2/t6-,7-/m0/s1. The summed E-state index contributed by atoms with van der Waals surface area (Å²) in [5, 5.41) is 17.6. The molecule has 0 aromatic rings. The fourth-order valence-corrected chi connectivity index (χ4v) is 0.399. The molecule has 2 heteroatoms. The van der Waals surface area contributed by atoms with Crippen molar-refractivity contribution in [3.05, 3.63) is 12.7 Å². The molecule has 0 rings (SSSR count). The van der Waals surface area contributed by atoms with Crippen LogP contribution in [-0.2, 0) is 0 Å². The molecule has 0 unspecified atom stereocenters. The predicted octanol–water partition coefficient (Wildman–Crippen LogP) is -0.0825. The van der Waals surface area contributed by atoms with Crippen molar-refractivity contribution in [3.8, 4) is 12.3 Å². The predicted molar refractivity (Wildman–Crippen MR) is 35.7 cm³/mol. The Labute approximate surface area is 54.8 Å². The lowest BCUT2D eigenvalue weighted by Crippen LogP contribution is -2.22. The number of aliphatic hydroxyl groups excluding tert-OH is 2. The van der Waals surface area contributed by atoms with E-state index in [9.17, 15) is 0 Å². The lowest BCUT2D eigenvalue weighted by Gasteiger charge is -2.09. The number of aliphatic hydroxyl groups is 2. The fraction of sp³-hybridized carbons (Fsp3) is 0.429. The third kappa shape index (κ3) is 2.91. The first-order chi connectivity index (χ1) is 4.22. The Kier molecular flexibility index (Phi) is 3.78. The summed E-state index contributed by atoms with van der Waals surface area (Å²) in [4.78, 5) is 0. The first-order valence-electron chi connectivity index (χ1n) is 2.64. The van der Waals surface area contributed by atoms with E-state index in [1.165, 1.54) is 6.08 Å². The molecule has 0 fully saturated rings. The van der Waals surface area contributed by atoms with E-state index in [0.29, 0.717) is 0 Å². The van der Waals surface area contributed by atoms with Gasteiger partial charge in [0.1, 0.15) is 0 Å². The van der Waals surface area contributed by atoms with Gasteiger partial charge in [0.15, 0.2) is 0 Å². The highest BCUT2D eigenvalue weighted by Gasteiger charge is 2.09. The van der Waals surface area contributed by atoms with E-state index in [1.54, 1.807) is 0 Å². The number of rotatable bonds is 3. The summed E-state index contributed by atoms with van der Waals surface area (Å²) in [6, 6.07) is 0. The molecular formula is C7H10O2. The molecule has 0 spiro atoms. The molecule has 0 aromatic carbocycles. The zero-order chi connectivity index (χ0) is 7.28. The number of hydrogen-bond donors (Lipinski definition) is 2. The van der Waals surface area contributed by atoms with Crippen molar-refractivity contribution in [3.63, 3.8) is 0 Å². The molecule has 2 nitrogen and oxygen atoms in total. The maximum absolute atomic E-state index is 8.85. The van der Waals surface area contributed by atoms with Crippen LogP contribution in [0.1, 0.15) is 6.42 Å². The van der Waals surface area contributed by atoms with Gasteiger partial charge in [-0.05, 0) is 0 Å². The van der Waals surface area contributed by atoms with Crippen LogP contribution in [0.15, 0.2) is 12.7 Å². The van der Waals surface area contributed by atoms with Gasteiger partial charge < -0.3 is 10.2 Å². The van der Waals surface area contributed by atoms with E-state index in [4.69, 9.17) is 16.6 Å². The van der Waals surface area contributed by atoms with Crippen LogP contribution in [-0.4, -0.2) is 22.4 Å². The van der Waals surface area contributed by atoms with Gasteiger partial charge in [-0.3, -0.25) is 0 Å². The minimum atomic E-state index is -0.902. The second-order valence-corrected chi connectivity index (χ2v) is 1.70. The molecular weight excluding hydrogens is 116 g/mol. The van der Waals surface area contributed by atoms with Gasteiger partial charge in [0.05, 0.1) is 12.2 Å². The van der Waals surface area contributed by atoms with Gasteiger partial charge in [-0.25, -0.2) is 0 Å². The van der Waals surface area contributed by atoms with Crippen molar-refractivity contribution < 1.29 is 10.2 Å². The second-order valence-electron chi connectivity index (χ2n) is 1.70. The molecule has 0 heterocycles. The molecule has 0 radical (unpaired) electrons. The smallest absolute Gasteiger partial charge is 0.0986 e. The normalized spacial score (nSPS) is 15.7. The molecule has 0 saturated heterocycles. The minimum absolute atomic E-state index is 0.160. The van der Waals surface area contributed by atoms with Gasteiger partial charge >= 0.3 is 0 Å². The zero-order valence-electron chi connectivity index (χ0n) is 5.12. The largest absolute Gasteiger partial charge is 0.389 e. The summed E-state index contributed by atoms with van der Waals surface area (Å²) in [7, 11) is 0. The summed E-state index contributed by atoms with van der Waals surface area (Å²) in [5.41, 5.74) is 0. The maximum Gasteiger partial charge on any atom is 0.0986 e. The van der Waals surface area contributed by atoms with Crippen LogP contribution in [0.5, 0.6) is 0 Å². The molecule has 0 amide bonds. The molecule has 0 aromatic heterocycles. The third-order valence-electron chi connectivity index (χ3n) is 0.963. The van der Waals surface area contributed by atoms with Gasteiger partial charge in [-0.2, -0.15) is 0 Å². The highest BCUT2D eigenvalue weighted by Crippen LogP contribution is 1.97. The van der Waals surface area contributed by atoms with E-state index in [2.05, 4.69) is 12.5 Å². The van der Waals surface area contributed by atoms with E-state index < -0.39 is 12.2 Å². The van der Waals surface area contributed by atoms with Crippen LogP contribution >= 0.6 is 0 Å². The van der Waals surface area contributed by atoms with Gasteiger partial charge in [0, 0.05) is 6.42 Å². The van der Waals surface area contributed by atoms with Crippen LogP contribution in [0.2, 0.25) is 0 Å². The van der Waals surface area contributed by atoms with Crippen LogP contribution in [0.4, 0.5) is 0 Å². The molecule has 9 heavy (non-hydrogen) atoms. The molecule has 2 N–H and O–H groups in total. The zero-order valence-corrected chi connectivity index (χ0v) is 5.12. The summed E-state index contributed by atoms with van der Waals surface area (Å²) in [6.45, 7) is 3.29. The first-order valence-corrected chi connectivity index (χ1v) is 2.64. The summed E-state index contributed by atoms with van der Waals surface area (Å²) in [6.07, 6.45) is 4.51. The van der Waals surface area contributed by atoms with Crippen LogP contribution < -0.4 is 0 Å². The summed E-state index contributed by atoms with van der Waals surface area (Å²) >= 11 is 0. The Morgan fingerprint density at radius 3 is 2.56 bits per heavy atom. The Morgan fingerprint density at radius 2 is 2.22 bits per heavy atom. The third-order valence-corrected chi connectivity index (χ3v) is 0.963. The highest BCUT2D eigenvalue weighted by atomic mass is 16.3. The molecule has 2 atom stereocenters. The van der Waals surface area contributed by atoms with E-state index >= 15 is 0 Å². The first kappa shape index (κ1) is 8.22. The second kappa shape index (κ2) is 4.13. The van der Waals surface area contributed by atoms with Gasteiger partial charge in [0.25, 0.3) is 0 Å². The summed E-state index contributed by atoms with van der Waals surface area (Å²) < 4.78 is 0. The molecule has 0 bridgehead atoms. The van der Waals surface area contributed by atoms with Gasteiger partial charge in [-0.15, -0.1) is 18.9 Å². The van der Waals surface area contributed by atoms with E-state index in [-0.39, 0.29) is 6.42 Å². The van der Waals surface area contributed by atoms with Crippen molar-refractivity contribution in [2.45, 2.75) is 18.6 Å².